The maximum absolute atomic E-state index is 12.6. The maximum atomic E-state index is 12.6. The Morgan fingerprint density at radius 1 is 1.31 bits per heavy atom. The largest absolute Gasteiger partial charge is 0.399 e. The molecule has 1 saturated carbocycles. The number of hydrogen-bond acceptors (Lipinski definition) is 5. The molecule has 2 N–H and O–H groups in total. The minimum absolute atomic E-state index is 0.0218. The molecule has 0 unspecified atom stereocenters. The van der Waals surface area contributed by atoms with Gasteiger partial charge in [0.15, 0.2) is 0 Å². The Bertz CT molecular complexity index is 878. The fourth-order valence-corrected chi connectivity index (χ4v) is 4.92. The molecule has 1 aliphatic heterocycles. The lowest BCUT2D eigenvalue weighted by Crippen LogP contribution is -2.50. The lowest BCUT2D eigenvalue weighted by Gasteiger charge is -2.44. The third-order valence-electron chi connectivity index (χ3n) is 5.75. The van der Waals surface area contributed by atoms with Crippen molar-refractivity contribution >= 4 is 34.6 Å². The van der Waals surface area contributed by atoms with Crippen LogP contribution >= 0.6 is 11.9 Å². The first-order valence-electron chi connectivity index (χ1n) is 9.73. The molecule has 1 fully saturated rings. The Labute approximate surface area is 171 Å². The van der Waals surface area contributed by atoms with E-state index in [0.29, 0.717) is 30.7 Å². The number of aromatic nitrogens is 2. The van der Waals surface area contributed by atoms with Crippen molar-refractivity contribution in [3.05, 3.63) is 24.0 Å². The van der Waals surface area contributed by atoms with E-state index < -0.39 is 11.9 Å². The van der Waals surface area contributed by atoms with E-state index in [1.165, 1.54) is 0 Å². The monoisotopic (exact) mass is 427 g/mol. The highest BCUT2D eigenvalue weighted by Crippen LogP contribution is 2.38. The lowest BCUT2D eigenvalue weighted by molar-refractivity contribution is -0.105. The summed E-state index contributed by atoms with van der Waals surface area (Å²) in [6.07, 6.45) is 3.15. The van der Waals surface area contributed by atoms with Crippen LogP contribution in [0.2, 0.25) is 0 Å². The van der Waals surface area contributed by atoms with Crippen LogP contribution in [0.3, 0.4) is 0 Å². The average molecular weight is 427 g/mol. The topological polar surface area (TPSA) is 64.3 Å². The molecule has 2 aromatic rings. The van der Waals surface area contributed by atoms with Crippen molar-refractivity contribution in [3.63, 3.8) is 0 Å². The molecule has 158 valence electrons. The number of nitrogens with zero attached hydrogens (tertiary/aromatic N) is 3. The number of pyridine rings is 1. The van der Waals surface area contributed by atoms with Gasteiger partial charge in [-0.3, -0.25) is 9.52 Å². The first kappa shape index (κ1) is 20.3. The van der Waals surface area contributed by atoms with Crippen LogP contribution in [0.1, 0.15) is 36.0 Å². The molecule has 0 atom stereocenters. The van der Waals surface area contributed by atoms with E-state index in [2.05, 4.69) is 19.6 Å². The quantitative estimate of drug-likeness (QED) is 0.562. The van der Waals surface area contributed by atoms with Crippen molar-refractivity contribution in [2.45, 2.75) is 37.9 Å². The smallest absolute Gasteiger partial charge is 0.349 e. The second kappa shape index (κ2) is 8.06. The molecule has 0 spiro atoms. The molecule has 0 saturated heterocycles. The van der Waals surface area contributed by atoms with E-state index in [4.69, 9.17) is 0 Å². The minimum Gasteiger partial charge on any atom is -0.349 e. The summed E-state index contributed by atoms with van der Waals surface area (Å²) in [6, 6.07) is 2.25. The fraction of sp³-hybridized carbons (Fsp3) is 0.579. The number of amides is 1. The van der Waals surface area contributed by atoms with Crippen molar-refractivity contribution < 1.29 is 18.0 Å². The zero-order valence-electron chi connectivity index (χ0n) is 16.1. The van der Waals surface area contributed by atoms with Gasteiger partial charge in [-0.15, -0.1) is 0 Å². The number of carbonyl (C=O) groups excluding carboxylic acids is 1. The molecule has 10 heteroatoms. The Kier molecular flexibility index (Phi) is 5.65. The highest BCUT2D eigenvalue weighted by Gasteiger charge is 2.35. The highest BCUT2D eigenvalue weighted by atomic mass is 32.2. The van der Waals surface area contributed by atoms with Crippen LogP contribution in [0, 0.1) is 5.92 Å². The first-order chi connectivity index (χ1) is 13.8. The summed E-state index contributed by atoms with van der Waals surface area (Å²) in [5.41, 5.74) is 2.34. The number of aromatic amines is 1. The molecule has 2 aliphatic rings. The summed E-state index contributed by atoms with van der Waals surface area (Å²) in [6.45, 7) is 1.12. The summed E-state index contributed by atoms with van der Waals surface area (Å²) in [7, 11) is 1.80. The summed E-state index contributed by atoms with van der Waals surface area (Å²) in [4.78, 5) is 24.1. The van der Waals surface area contributed by atoms with Gasteiger partial charge in [0.05, 0.1) is 17.9 Å². The van der Waals surface area contributed by atoms with Gasteiger partial charge in [-0.25, -0.2) is 4.98 Å². The van der Waals surface area contributed by atoms with E-state index in [1.54, 1.807) is 18.1 Å². The Morgan fingerprint density at radius 2 is 2.07 bits per heavy atom. The third kappa shape index (κ3) is 4.32. The van der Waals surface area contributed by atoms with Gasteiger partial charge < -0.3 is 14.8 Å². The van der Waals surface area contributed by atoms with E-state index in [1.807, 2.05) is 12.3 Å². The van der Waals surface area contributed by atoms with Gasteiger partial charge in [0, 0.05) is 37.4 Å². The molecule has 0 bridgehead atoms. The predicted octanol–water partition coefficient (Wildman–Crippen LogP) is 3.77. The van der Waals surface area contributed by atoms with Gasteiger partial charge >= 0.3 is 6.18 Å². The normalized spacial score (nSPS) is 23.0. The van der Waals surface area contributed by atoms with Crippen LogP contribution in [0.25, 0.3) is 11.0 Å². The zero-order valence-corrected chi connectivity index (χ0v) is 16.9. The second-order valence-electron chi connectivity index (χ2n) is 7.80. The molecule has 4 rings (SSSR count). The van der Waals surface area contributed by atoms with E-state index in [0.717, 1.165) is 54.4 Å². The summed E-state index contributed by atoms with van der Waals surface area (Å²) in [5.74, 6) is -0.514. The molecule has 3 heterocycles. The van der Waals surface area contributed by atoms with Gasteiger partial charge in [-0.1, -0.05) is 11.9 Å². The number of H-pyrrole nitrogens is 1. The van der Waals surface area contributed by atoms with Crippen LogP contribution < -0.4 is 9.62 Å². The molecule has 1 amide bonds. The summed E-state index contributed by atoms with van der Waals surface area (Å²) < 4.78 is 39.6. The molecule has 29 heavy (non-hydrogen) atoms. The first-order valence-corrected chi connectivity index (χ1v) is 10.7. The number of carbonyl (C=O) groups is 1. The Balaban J connectivity index is 1.42. The van der Waals surface area contributed by atoms with Crippen LogP contribution in [-0.2, 0) is 0 Å². The fourth-order valence-electron chi connectivity index (χ4n) is 4.30. The van der Waals surface area contributed by atoms with Gasteiger partial charge in [0.25, 0.3) is 5.91 Å². The Hall–Kier alpha value is -1.94. The second-order valence-corrected chi connectivity index (χ2v) is 8.67. The zero-order chi connectivity index (χ0) is 20.6. The van der Waals surface area contributed by atoms with Crippen molar-refractivity contribution in [1.29, 1.82) is 0 Å². The number of alkyl halides is 3. The molecule has 0 aromatic carbocycles. The van der Waals surface area contributed by atoms with E-state index in [9.17, 15) is 18.0 Å². The van der Waals surface area contributed by atoms with Crippen LogP contribution in [0.15, 0.2) is 18.5 Å². The van der Waals surface area contributed by atoms with Crippen LogP contribution in [-0.4, -0.2) is 59.0 Å². The number of hydrogen-bond donors (Lipinski definition) is 2. The molecular weight excluding hydrogens is 403 g/mol. The molecule has 0 radical (unpaired) electrons. The summed E-state index contributed by atoms with van der Waals surface area (Å²) in [5, 5.41) is 0.955. The molecule has 2 aromatic heterocycles. The van der Waals surface area contributed by atoms with Crippen molar-refractivity contribution in [1.82, 2.24) is 19.6 Å². The number of halogens is 3. The third-order valence-corrected chi connectivity index (χ3v) is 6.60. The average Bonchev–Trinajstić information content (AvgIpc) is 3.16. The summed E-state index contributed by atoms with van der Waals surface area (Å²) >= 11 is 0.736. The maximum Gasteiger partial charge on any atom is 0.399 e. The SMILES string of the molecule is CN1CN([C@H]2CC[C@H](CNSCC(F)(F)F)CC2)c2c(cnc3[nH]ccc23)C1=O. The number of fused-ring (bicyclic) bond motifs is 3. The van der Waals surface area contributed by atoms with E-state index >= 15 is 0 Å². The number of rotatable bonds is 5. The molecule has 1 aliphatic carbocycles. The Morgan fingerprint density at radius 3 is 2.79 bits per heavy atom. The van der Waals surface area contributed by atoms with Gasteiger partial charge in [0.1, 0.15) is 11.4 Å². The lowest BCUT2D eigenvalue weighted by atomic mass is 9.85. The van der Waals surface area contributed by atoms with Gasteiger partial charge in [-0.05, 0) is 37.7 Å². The predicted molar refractivity (Wildman–Crippen MR) is 108 cm³/mol. The van der Waals surface area contributed by atoms with Gasteiger partial charge in [0.2, 0.25) is 0 Å². The van der Waals surface area contributed by atoms with E-state index in [-0.39, 0.29) is 5.91 Å². The number of anilines is 1. The number of nitrogens with one attached hydrogen (secondary N) is 2. The minimum atomic E-state index is -4.14. The molecule has 6 nitrogen and oxygen atoms in total. The standard InChI is InChI=1S/C19H24F3N5OS/c1-26-11-27(16-14-6-7-23-17(14)24-9-15(16)18(26)28)13-4-2-12(3-5-13)8-25-29-10-19(20,21)22/h6-7,9,12-13,25H,2-5,8,10-11H2,1H3,(H,23,24)/t12-,13-. The van der Waals surface area contributed by atoms with Crippen molar-refractivity contribution in [3.8, 4) is 0 Å². The van der Waals surface area contributed by atoms with Gasteiger partial charge in [-0.2, -0.15) is 13.2 Å². The van der Waals surface area contributed by atoms with Crippen molar-refractivity contribution in [2.75, 3.05) is 30.9 Å². The molecular formula is C19H24F3N5OS. The van der Waals surface area contributed by atoms with Crippen molar-refractivity contribution in [2.24, 2.45) is 5.92 Å². The van der Waals surface area contributed by atoms with Crippen LogP contribution in [0.4, 0.5) is 18.9 Å². The highest BCUT2D eigenvalue weighted by molar-refractivity contribution is 7.97. The van der Waals surface area contributed by atoms with Crippen LogP contribution in [0.5, 0.6) is 0 Å².